The minimum atomic E-state index is -0.766. The number of aromatic nitrogens is 4. The number of rotatable bonds is 11. The molecule has 1 aliphatic carbocycles. The molecule has 7 nitrogen and oxygen atoms in total. The first-order valence-corrected chi connectivity index (χ1v) is 20.1. The number of ether oxygens (including phenoxy) is 1. The van der Waals surface area contributed by atoms with Crippen LogP contribution >= 0.6 is 23.1 Å². The lowest BCUT2D eigenvalue weighted by molar-refractivity contribution is 0.271. The van der Waals surface area contributed by atoms with Crippen LogP contribution in [0.4, 0.5) is 5.69 Å². The third-order valence-electron chi connectivity index (χ3n) is 9.77. The quantitative estimate of drug-likeness (QED) is 0.103. The lowest BCUT2D eigenvalue weighted by atomic mass is 9.96. The number of thiazole rings is 1. The summed E-state index contributed by atoms with van der Waals surface area (Å²) in [4.78, 5) is 21.9. The summed E-state index contributed by atoms with van der Waals surface area (Å²) in [5, 5.41) is 6.25. The summed E-state index contributed by atoms with van der Waals surface area (Å²) < 4.78 is 13.4. The molecule has 0 saturated heterocycles. The molecule has 0 spiro atoms. The summed E-state index contributed by atoms with van der Waals surface area (Å²) in [7, 11) is 1.94. The van der Waals surface area contributed by atoms with E-state index in [2.05, 4.69) is 79.5 Å². The van der Waals surface area contributed by atoms with Gasteiger partial charge >= 0.3 is 0 Å². The van der Waals surface area contributed by atoms with Crippen molar-refractivity contribution in [3.05, 3.63) is 170 Å². The maximum Gasteiger partial charge on any atom is 0.164 e. The second-order valence-electron chi connectivity index (χ2n) is 13.4. The molecule has 1 unspecified atom stereocenters. The van der Waals surface area contributed by atoms with Crippen LogP contribution in [0.2, 0.25) is 0 Å². The highest BCUT2D eigenvalue weighted by atomic mass is 32.2. The van der Waals surface area contributed by atoms with Crippen LogP contribution in [0.3, 0.4) is 0 Å². The first-order chi connectivity index (χ1) is 27.5. The molecule has 1 N–H and O–H groups in total. The molecule has 0 bridgehead atoms. The Morgan fingerprint density at radius 3 is 2.54 bits per heavy atom. The minimum absolute atomic E-state index is 0.503. The Morgan fingerprint density at radius 2 is 1.70 bits per heavy atom. The van der Waals surface area contributed by atoms with Crippen LogP contribution in [0.5, 0.6) is 0 Å². The van der Waals surface area contributed by atoms with Gasteiger partial charge in [-0.05, 0) is 60.7 Å². The maximum absolute atomic E-state index is 6.53. The Labute approximate surface area is 333 Å². The maximum atomic E-state index is 6.53. The van der Waals surface area contributed by atoms with Crippen molar-refractivity contribution < 1.29 is 9.15 Å². The SMILES string of the molecule is C=C/C=C(\CC)OC1=CC=CC(Sc2ccccc2NC)(c2nc(-c3ccccc3)nc(-c3cccc4oc5ccc(-c6nc7ccccc7s6)cc5c34)n2)C1. The zero-order valence-electron chi connectivity index (χ0n) is 30.9. The van der Waals surface area contributed by atoms with Crippen molar-refractivity contribution >= 4 is 60.9 Å². The number of benzene rings is 5. The third kappa shape index (κ3) is 6.69. The van der Waals surface area contributed by atoms with Crippen molar-refractivity contribution in [3.63, 3.8) is 0 Å². The summed E-state index contributed by atoms with van der Waals surface area (Å²) in [5.41, 5.74) is 6.32. The molecule has 0 aliphatic heterocycles. The van der Waals surface area contributed by atoms with Crippen molar-refractivity contribution in [3.8, 4) is 33.3 Å². The third-order valence-corrected chi connectivity index (χ3v) is 12.3. The predicted octanol–water partition coefficient (Wildman–Crippen LogP) is 12.8. The first kappa shape index (κ1) is 35.4. The zero-order chi connectivity index (χ0) is 38.1. The van der Waals surface area contributed by atoms with Crippen LogP contribution in [-0.4, -0.2) is 27.0 Å². The van der Waals surface area contributed by atoms with Gasteiger partial charge in [-0.2, -0.15) is 0 Å². The van der Waals surface area contributed by atoms with Gasteiger partial charge in [0.05, 0.1) is 10.2 Å². The van der Waals surface area contributed by atoms with Gasteiger partial charge in [0.1, 0.15) is 32.4 Å². The number of hydrogen-bond acceptors (Lipinski definition) is 9. The molecule has 0 fully saturated rings. The fourth-order valence-corrected chi connectivity index (χ4v) is 9.38. The van der Waals surface area contributed by atoms with Crippen LogP contribution in [0, 0.1) is 0 Å². The van der Waals surface area contributed by atoms with E-state index in [1.165, 1.54) is 0 Å². The lowest BCUT2D eigenvalue weighted by Crippen LogP contribution is -2.27. The highest BCUT2D eigenvalue weighted by Crippen LogP contribution is 2.50. The average molecular weight is 768 g/mol. The molecular weight excluding hydrogens is 731 g/mol. The van der Waals surface area contributed by atoms with E-state index in [9.17, 15) is 0 Å². The van der Waals surface area contributed by atoms with E-state index in [4.69, 9.17) is 29.1 Å². The van der Waals surface area contributed by atoms with Crippen LogP contribution in [-0.2, 0) is 9.48 Å². The van der Waals surface area contributed by atoms with E-state index in [0.29, 0.717) is 23.9 Å². The fraction of sp³-hybridized carbons (Fsp3) is 0.106. The highest BCUT2D eigenvalue weighted by molar-refractivity contribution is 8.00. The van der Waals surface area contributed by atoms with Gasteiger partial charge in [0.2, 0.25) is 0 Å². The van der Waals surface area contributed by atoms with Gasteiger partial charge in [-0.3, -0.25) is 0 Å². The number of furan rings is 1. The number of hydrogen-bond donors (Lipinski definition) is 1. The van der Waals surface area contributed by atoms with Gasteiger partial charge in [0.25, 0.3) is 0 Å². The van der Waals surface area contributed by atoms with Crippen molar-refractivity contribution in [1.82, 2.24) is 19.9 Å². The van der Waals surface area contributed by atoms with Gasteiger partial charge in [-0.15, -0.1) is 23.1 Å². The summed E-state index contributed by atoms with van der Waals surface area (Å²) >= 11 is 3.38. The van der Waals surface area contributed by atoms with Crippen molar-refractivity contribution in [1.29, 1.82) is 0 Å². The monoisotopic (exact) mass is 767 g/mol. The van der Waals surface area contributed by atoms with E-state index in [0.717, 1.165) is 82.4 Å². The Kier molecular flexibility index (Phi) is 9.54. The van der Waals surface area contributed by atoms with Crippen molar-refractivity contribution in [2.24, 2.45) is 0 Å². The number of nitrogens with one attached hydrogen (secondary N) is 1. The second-order valence-corrected chi connectivity index (χ2v) is 15.8. The normalized spacial score (nSPS) is 15.7. The van der Waals surface area contributed by atoms with Crippen molar-refractivity contribution in [2.75, 3.05) is 12.4 Å². The molecular formula is C47H37N5O2S2. The lowest BCUT2D eigenvalue weighted by Gasteiger charge is -2.32. The van der Waals surface area contributed by atoms with Gasteiger partial charge in [0, 0.05) is 57.9 Å². The molecule has 0 radical (unpaired) electrons. The summed E-state index contributed by atoms with van der Waals surface area (Å²) in [6.07, 6.45) is 11.2. The molecule has 9 rings (SSSR count). The van der Waals surface area contributed by atoms with E-state index >= 15 is 0 Å². The van der Waals surface area contributed by atoms with Crippen LogP contribution in [0.25, 0.3) is 65.5 Å². The number of thioether (sulfide) groups is 1. The Morgan fingerprint density at radius 1 is 0.875 bits per heavy atom. The standard InChI is InChI=1S/C47H37N5O2S2/c1-4-15-32(5-2)53-33-18-14-27-47(29-33,56-41-24-12-9-20-36(41)48-3)46-51-43(30-16-7-6-8-17-30)50-44(52-46)34-19-13-22-39-42(34)35-28-31(25-26-38(35)54-39)45-49-37-21-10-11-23-40(37)55-45/h4,6-28,48H,1,5,29H2,2-3H3/b32-15+. The van der Waals surface area contributed by atoms with Crippen LogP contribution < -0.4 is 5.32 Å². The fourth-order valence-electron chi connectivity index (χ4n) is 7.05. The van der Waals surface area contributed by atoms with E-state index in [1.54, 1.807) is 29.2 Å². The Hall–Kier alpha value is -6.29. The second kappa shape index (κ2) is 15.1. The number of anilines is 1. The molecule has 3 aromatic heterocycles. The van der Waals surface area contributed by atoms with Gasteiger partial charge in [0.15, 0.2) is 17.5 Å². The molecule has 0 amide bonds. The summed E-state index contributed by atoms with van der Waals surface area (Å²) in [6.45, 7) is 5.97. The molecule has 1 aliphatic rings. The zero-order valence-corrected chi connectivity index (χ0v) is 32.5. The van der Waals surface area contributed by atoms with E-state index in [1.807, 2.05) is 85.9 Å². The predicted molar refractivity (Wildman–Crippen MR) is 232 cm³/mol. The average Bonchev–Trinajstić information content (AvgIpc) is 3.86. The van der Waals surface area contributed by atoms with Crippen molar-refractivity contribution in [2.45, 2.75) is 29.4 Å². The number of allylic oxidation sites excluding steroid dienone is 6. The van der Waals surface area contributed by atoms with Crippen LogP contribution in [0.15, 0.2) is 173 Å². The largest absolute Gasteiger partial charge is 0.466 e. The molecule has 9 heteroatoms. The molecule has 56 heavy (non-hydrogen) atoms. The molecule has 8 aromatic rings. The van der Waals surface area contributed by atoms with Gasteiger partial charge < -0.3 is 14.5 Å². The van der Waals surface area contributed by atoms with E-state index in [-0.39, 0.29) is 0 Å². The highest BCUT2D eigenvalue weighted by Gasteiger charge is 2.39. The first-order valence-electron chi connectivity index (χ1n) is 18.5. The molecule has 5 aromatic carbocycles. The number of para-hydroxylation sites is 2. The molecule has 1 atom stereocenters. The topological polar surface area (TPSA) is 86.0 Å². The molecule has 0 saturated carbocycles. The Bertz CT molecular complexity index is 2820. The smallest absolute Gasteiger partial charge is 0.164 e. The summed E-state index contributed by atoms with van der Waals surface area (Å²) in [6, 6.07) is 39.0. The van der Waals surface area contributed by atoms with E-state index < -0.39 is 4.75 Å². The van der Waals surface area contributed by atoms with Gasteiger partial charge in [-0.1, -0.05) is 98.5 Å². The minimum Gasteiger partial charge on any atom is -0.466 e. The van der Waals surface area contributed by atoms with Crippen LogP contribution in [0.1, 0.15) is 25.6 Å². The number of fused-ring (bicyclic) bond motifs is 4. The molecule has 274 valence electrons. The molecule has 3 heterocycles. The summed E-state index contributed by atoms with van der Waals surface area (Å²) in [5.74, 6) is 3.40. The van der Waals surface area contributed by atoms with Gasteiger partial charge in [-0.25, -0.2) is 19.9 Å². The number of nitrogens with zero attached hydrogens (tertiary/aromatic N) is 4. The Balaban J connectivity index is 1.25.